The lowest BCUT2D eigenvalue weighted by Gasteiger charge is -2.07. The quantitative estimate of drug-likeness (QED) is 0.601. The van der Waals surface area contributed by atoms with E-state index >= 15 is 0 Å². The average molecular weight is 208 g/mol. The second-order valence-electron chi connectivity index (χ2n) is 3.49. The Bertz CT molecular complexity index is 388. The Morgan fingerprint density at radius 1 is 1.53 bits per heavy atom. The van der Waals surface area contributed by atoms with Gasteiger partial charge in [0.05, 0.1) is 5.92 Å². The molecule has 1 saturated heterocycles. The molecule has 3 N–H and O–H groups in total. The third-order valence-corrected chi connectivity index (χ3v) is 2.36. The number of hydrogen-bond acceptors (Lipinski definition) is 4. The largest absolute Gasteiger partial charge is 0.316 e. The van der Waals surface area contributed by atoms with Gasteiger partial charge in [0.25, 0.3) is 5.56 Å². The van der Waals surface area contributed by atoms with E-state index in [0.717, 1.165) is 13.0 Å². The van der Waals surface area contributed by atoms with Crippen molar-refractivity contribution < 1.29 is 4.79 Å². The second kappa shape index (κ2) is 4.22. The third kappa shape index (κ3) is 2.41. The van der Waals surface area contributed by atoms with E-state index in [1.165, 1.54) is 12.1 Å². The number of nitrogens with zero attached hydrogens (tertiary/aromatic N) is 1. The summed E-state index contributed by atoms with van der Waals surface area (Å²) in [5.41, 5.74) is -0.282. The van der Waals surface area contributed by atoms with E-state index in [1.807, 2.05) is 0 Å². The molecule has 1 unspecified atom stereocenters. The van der Waals surface area contributed by atoms with Crippen molar-refractivity contribution in [2.45, 2.75) is 6.42 Å². The van der Waals surface area contributed by atoms with Gasteiger partial charge in [0.15, 0.2) is 5.82 Å². The summed E-state index contributed by atoms with van der Waals surface area (Å²) >= 11 is 0. The first kappa shape index (κ1) is 9.85. The number of aromatic nitrogens is 2. The molecule has 15 heavy (non-hydrogen) atoms. The topological polar surface area (TPSA) is 86.9 Å². The molecule has 1 aromatic rings. The van der Waals surface area contributed by atoms with Crippen LogP contribution >= 0.6 is 0 Å². The third-order valence-electron chi connectivity index (χ3n) is 2.36. The molecule has 0 radical (unpaired) electrons. The van der Waals surface area contributed by atoms with Crippen molar-refractivity contribution in [3.8, 4) is 0 Å². The monoisotopic (exact) mass is 208 g/mol. The lowest BCUT2D eigenvalue weighted by Crippen LogP contribution is -2.25. The van der Waals surface area contributed by atoms with Gasteiger partial charge < -0.3 is 10.6 Å². The van der Waals surface area contributed by atoms with Crippen molar-refractivity contribution in [1.82, 2.24) is 15.5 Å². The van der Waals surface area contributed by atoms with Crippen LogP contribution in [0, 0.1) is 5.92 Å². The molecule has 2 rings (SSSR count). The highest BCUT2D eigenvalue weighted by Crippen LogP contribution is 2.09. The molecule has 0 aliphatic carbocycles. The summed E-state index contributed by atoms with van der Waals surface area (Å²) in [5.74, 6) is 0.324. The first-order chi connectivity index (χ1) is 7.25. The molecule has 0 bridgehead atoms. The van der Waals surface area contributed by atoms with Crippen LogP contribution in [-0.2, 0) is 4.79 Å². The number of amides is 1. The van der Waals surface area contributed by atoms with Crippen molar-refractivity contribution in [3.05, 3.63) is 22.5 Å². The van der Waals surface area contributed by atoms with E-state index in [9.17, 15) is 9.59 Å². The van der Waals surface area contributed by atoms with Gasteiger partial charge in [-0.2, -0.15) is 5.10 Å². The van der Waals surface area contributed by atoms with Crippen molar-refractivity contribution >= 4 is 11.7 Å². The summed E-state index contributed by atoms with van der Waals surface area (Å²) in [5, 5.41) is 11.7. The Morgan fingerprint density at radius 2 is 2.40 bits per heavy atom. The van der Waals surface area contributed by atoms with E-state index in [2.05, 4.69) is 20.8 Å². The van der Waals surface area contributed by atoms with Crippen molar-refractivity contribution in [1.29, 1.82) is 0 Å². The van der Waals surface area contributed by atoms with Gasteiger partial charge in [0, 0.05) is 12.6 Å². The summed E-state index contributed by atoms with van der Waals surface area (Å²) in [7, 11) is 0. The Labute approximate surface area is 86.1 Å². The zero-order valence-corrected chi connectivity index (χ0v) is 8.12. The highest BCUT2D eigenvalue weighted by atomic mass is 16.2. The van der Waals surface area contributed by atoms with E-state index in [4.69, 9.17) is 0 Å². The number of carbonyl (C=O) groups is 1. The number of H-pyrrole nitrogens is 1. The molecule has 6 nitrogen and oxygen atoms in total. The van der Waals surface area contributed by atoms with Crippen LogP contribution in [0.5, 0.6) is 0 Å². The maximum atomic E-state index is 11.6. The molecular formula is C9H12N4O2. The second-order valence-corrected chi connectivity index (χ2v) is 3.49. The molecular weight excluding hydrogens is 196 g/mol. The minimum atomic E-state index is -0.282. The maximum absolute atomic E-state index is 11.6. The van der Waals surface area contributed by atoms with Gasteiger partial charge in [0.2, 0.25) is 5.91 Å². The number of hydrogen-bond donors (Lipinski definition) is 3. The van der Waals surface area contributed by atoms with Crippen molar-refractivity contribution in [3.63, 3.8) is 0 Å². The molecule has 6 heteroatoms. The standard InChI is InChI=1S/C9H12N4O2/c14-8-2-1-7(12-13-8)11-9(15)6-3-4-10-5-6/h1-2,6,10H,3-5H2,(H,13,14)(H,11,12,15). The molecule has 1 aromatic heterocycles. The van der Waals surface area contributed by atoms with Gasteiger partial charge in [-0.25, -0.2) is 5.10 Å². The number of rotatable bonds is 2. The van der Waals surface area contributed by atoms with Crippen LogP contribution in [0.15, 0.2) is 16.9 Å². The minimum absolute atomic E-state index is 0.00118. The van der Waals surface area contributed by atoms with Crippen LogP contribution in [0.4, 0.5) is 5.82 Å². The molecule has 0 saturated carbocycles. The number of aromatic amines is 1. The fourth-order valence-corrected chi connectivity index (χ4v) is 1.52. The van der Waals surface area contributed by atoms with E-state index in [1.54, 1.807) is 0 Å². The molecule has 1 amide bonds. The zero-order chi connectivity index (χ0) is 10.7. The van der Waals surface area contributed by atoms with Crippen LogP contribution in [0.25, 0.3) is 0 Å². The lowest BCUT2D eigenvalue weighted by molar-refractivity contribution is -0.119. The smallest absolute Gasteiger partial charge is 0.264 e. The van der Waals surface area contributed by atoms with Crippen LogP contribution in [0.3, 0.4) is 0 Å². The molecule has 1 atom stereocenters. The summed E-state index contributed by atoms with van der Waals surface area (Å²) in [6, 6.07) is 2.81. The first-order valence-electron chi connectivity index (χ1n) is 4.83. The van der Waals surface area contributed by atoms with Gasteiger partial charge in [0.1, 0.15) is 0 Å². The fourth-order valence-electron chi connectivity index (χ4n) is 1.52. The predicted molar refractivity (Wildman–Crippen MR) is 54.5 cm³/mol. The number of anilines is 1. The average Bonchev–Trinajstić information content (AvgIpc) is 2.74. The van der Waals surface area contributed by atoms with E-state index < -0.39 is 0 Å². The Morgan fingerprint density at radius 3 is 3.00 bits per heavy atom. The van der Waals surface area contributed by atoms with Crippen molar-refractivity contribution in [2.75, 3.05) is 18.4 Å². The first-order valence-corrected chi connectivity index (χ1v) is 4.83. The Hall–Kier alpha value is -1.69. The van der Waals surface area contributed by atoms with Gasteiger partial charge in [-0.1, -0.05) is 0 Å². The zero-order valence-electron chi connectivity index (χ0n) is 8.12. The van der Waals surface area contributed by atoms with Crippen LogP contribution in [0.1, 0.15) is 6.42 Å². The molecule has 0 aromatic carbocycles. The molecule has 80 valence electrons. The van der Waals surface area contributed by atoms with Crippen LogP contribution < -0.4 is 16.2 Å². The fraction of sp³-hybridized carbons (Fsp3) is 0.444. The van der Waals surface area contributed by atoms with Crippen LogP contribution in [-0.4, -0.2) is 29.2 Å². The Balaban J connectivity index is 1.99. The van der Waals surface area contributed by atoms with Gasteiger partial charge in [-0.15, -0.1) is 0 Å². The van der Waals surface area contributed by atoms with Crippen LogP contribution in [0.2, 0.25) is 0 Å². The molecule has 2 heterocycles. The molecule has 1 fully saturated rings. The lowest BCUT2D eigenvalue weighted by atomic mass is 10.1. The number of nitrogens with one attached hydrogen (secondary N) is 3. The van der Waals surface area contributed by atoms with Gasteiger partial charge >= 0.3 is 0 Å². The summed E-state index contributed by atoms with van der Waals surface area (Å²) < 4.78 is 0. The van der Waals surface area contributed by atoms with Gasteiger partial charge in [-0.05, 0) is 19.0 Å². The Kier molecular flexibility index (Phi) is 2.77. The summed E-state index contributed by atoms with van der Waals surface area (Å²) in [6.07, 6.45) is 0.842. The van der Waals surface area contributed by atoms with E-state index in [-0.39, 0.29) is 17.4 Å². The number of carbonyl (C=O) groups excluding carboxylic acids is 1. The van der Waals surface area contributed by atoms with Gasteiger partial charge in [-0.3, -0.25) is 9.59 Å². The van der Waals surface area contributed by atoms with Crippen molar-refractivity contribution in [2.24, 2.45) is 5.92 Å². The van der Waals surface area contributed by atoms with E-state index in [0.29, 0.717) is 12.4 Å². The minimum Gasteiger partial charge on any atom is -0.316 e. The predicted octanol–water partition coefficient (Wildman–Crippen LogP) is -0.682. The summed E-state index contributed by atoms with van der Waals surface area (Å²) in [4.78, 5) is 22.3. The highest BCUT2D eigenvalue weighted by Gasteiger charge is 2.22. The summed E-state index contributed by atoms with van der Waals surface area (Å²) in [6.45, 7) is 1.58. The molecule has 1 aliphatic heterocycles. The SMILES string of the molecule is O=C(Nc1ccc(=O)[nH]n1)C1CCNC1. The maximum Gasteiger partial charge on any atom is 0.264 e. The molecule has 0 spiro atoms. The normalized spacial score (nSPS) is 20.1. The molecule has 1 aliphatic rings. The highest BCUT2D eigenvalue weighted by molar-refractivity contribution is 5.91.